The van der Waals surface area contributed by atoms with Crippen LogP contribution >= 0.6 is 11.3 Å². The van der Waals surface area contributed by atoms with Crippen LogP contribution in [0.25, 0.3) is 10.8 Å². The van der Waals surface area contributed by atoms with Crippen molar-refractivity contribution in [1.82, 2.24) is 14.8 Å². The molecule has 2 atom stereocenters. The molecule has 2 saturated heterocycles. The lowest BCUT2D eigenvalue weighted by Crippen LogP contribution is -2.47. The Labute approximate surface area is 146 Å². The first-order valence-corrected chi connectivity index (χ1v) is 9.60. The third kappa shape index (κ3) is 3.00. The van der Waals surface area contributed by atoms with Gasteiger partial charge in [-0.2, -0.15) is 0 Å². The first kappa shape index (κ1) is 15.8. The fourth-order valence-corrected chi connectivity index (χ4v) is 4.82. The zero-order valence-electron chi connectivity index (χ0n) is 14.0. The number of carbonyl (C=O) groups is 1. The second-order valence-electron chi connectivity index (χ2n) is 6.72. The maximum absolute atomic E-state index is 11.9. The largest absolute Gasteiger partial charge is 0.444 e. The van der Waals surface area contributed by atoms with Crippen LogP contribution < -0.4 is 0 Å². The average molecular weight is 345 g/mol. The Kier molecular flexibility index (Phi) is 4.41. The van der Waals surface area contributed by atoms with Crippen molar-refractivity contribution in [3.05, 3.63) is 29.5 Å². The van der Waals surface area contributed by atoms with Crippen molar-refractivity contribution in [3.63, 3.8) is 0 Å². The molecule has 0 spiro atoms. The zero-order valence-corrected chi connectivity index (χ0v) is 14.8. The minimum Gasteiger partial charge on any atom is -0.444 e. The van der Waals surface area contributed by atoms with Crippen LogP contribution in [0.2, 0.25) is 0 Å². The lowest BCUT2D eigenvalue weighted by Gasteiger charge is -2.34. The maximum Gasteiger partial charge on any atom is 0.236 e. The summed E-state index contributed by atoms with van der Waals surface area (Å²) in [5.41, 5.74) is 0.984. The lowest BCUT2D eigenvalue weighted by molar-refractivity contribution is -0.130. The van der Waals surface area contributed by atoms with Crippen molar-refractivity contribution in [2.24, 2.45) is 0 Å². The molecule has 2 aromatic rings. The molecule has 0 unspecified atom stereocenters. The second kappa shape index (κ2) is 6.69. The molecule has 0 N–H and O–H groups in total. The van der Waals surface area contributed by atoms with Gasteiger partial charge in [0, 0.05) is 32.1 Å². The van der Waals surface area contributed by atoms with E-state index in [-0.39, 0.29) is 5.91 Å². The number of oxazole rings is 1. The van der Waals surface area contributed by atoms with Gasteiger partial charge in [-0.3, -0.25) is 9.69 Å². The fraction of sp³-hybridized carbons (Fsp3) is 0.556. The summed E-state index contributed by atoms with van der Waals surface area (Å²) in [6.45, 7) is 4.50. The molecule has 2 fully saturated rings. The van der Waals surface area contributed by atoms with Gasteiger partial charge in [0.25, 0.3) is 0 Å². The highest BCUT2D eigenvalue weighted by atomic mass is 32.1. The number of aromatic nitrogens is 1. The van der Waals surface area contributed by atoms with Crippen LogP contribution in [0, 0.1) is 0 Å². The van der Waals surface area contributed by atoms with Gasteiger partial charge in [0.1, 0.15) is 6.26 Å². The normalized spacial score (nSPS) is 24.8. The van der Waals surface area contributed by atoms with E-state index in [1.54, 1.807) is 24.5 Å². The Morgan fingerprint density at radius 2 is 2.17 bits per heavy atom. The molecule has 4 rings (SSSR count). The summed E-state index contributed by atoms with van der Waals surface area (Å²) in [5.74, 6) is 0.924. The van der Waals surface area contributed by atoms with Crippen molar-refractivity contribution in [2.75, 3.05) is 13.1 Å². The molecule has 5 nitrogen and oxygen atoms in total. The monoisotopic (exact) mass is 345 g/mol. The fourth-order valence-electron chi connectivity index (χ4n) is 4.17. The molecule has 0 aliphatic carbocycles. The number of rotatable bonds is 4. The van der Waals surface area contributed by atoms with Crippen LogP contribution in [0.1, 0.15) is 38.3 Å². The van der Waals surface area contributed by atoms with Crippen LogP contribution in [0.4, 0.5) is 0 Å². The molecule has 1 amide bonds. The molecule has 128 valence electrons. The van der Waals surface area contributed by atoms with Crippen LogP contribution in [-0.4, -0.2) is 45.9 Å². The number of hydrogen-bond acceptors (Lipinski definition) is 5. The highest BCUT2D eigenvalue weighted by molar-refractivity contribution is 7.13. The summed E-state index contributed by atoms with van der Waals surface area (Å²) in [7, 11) is 0. The van der Waals surface area contributed by atoms with Crippen LogP contribution in [0.5, 0.6) is 0 Å². The first-order chi connectivity index (χ1) is 11.7. The van der Waals surface area contributed by atoms with Gasteiger partial charge in [-0.05, 0) is 43.7 Å². The smallest absolute Gasteiger partial charge is 0.236 e. The van der Waals surface area contributed by atoms with Crippen molar-refractivity contribution in [3.8, 4) is 10.8 Å². The predicted octanol–water partition coefficient (Wildman–Crippen LogP) is 3.38. The van der Waals surface area contributed by atoms with E-state index in [0.29, 0.717) is 18.0 Å². The quantitative estimate of drug-likeness (QED) is 0.852. The van der Waals surface area contributed by atoms with Gasteiger partial charge in [0.2, 0.25) is 11.8 Å². The van der Waals surface area contributed by atoms with Crippen molar-refractivity contribution < 1.29 is 9.21 Å². The molecule has 2 aliphatic heterocycles. The van der Waals surface area contributed by atoms with E-state index >= 15 is 0 Å². The summed E-state index contributed by atoms with van der Waals surface area (Å²) in [6.07, 6.45) is 6.40. The third-order valence-electron chi connectivity index (χ3n) is 5.21. The number of carbonyl (C=O) groups excluding carboxylic acids is 1. The summed E-state index contributed by atoms with van der Waals surface area (Å²) in [6, 6.07) is 4.87. The molecule has 2 aliphatic rings. The topological polar surface area (TPSA) is 49.6 Å². The van der Waals surface area contributed by atoms with Crippen LogP contribution in [0.15, 0.2) is 28.2 Å². The van der Waals surface area contributed by atoms with Gasteiger partial charge in [-0.1, -0.05) is 6.07 Å². The second-order valence-corrected chi connectivity index (χ2v) is 7.67. The van der Waals surface area contributed by atoms with Crippen LogP contribution in [-0.2, 0) is 11.3 Å². The van der Waals surface area contributed by atoms with Gasteiger partial charge >= 0.3 is 0 Å². The van der Waals surface area contributed by atoms with E-state index in [1.165, 1.54) is 12.8 Å². The third-order valence-corrected chi connectivity index (χ3v) is 6.07. The Morgan fingerprint density at radius 1 is 1.33 bits per heavy atom. The van der Waals surface area contributed by atoms with E-state index in [4.69, 9.17) is 4.42 Å². The molecule has 0 radical (unpaired) electrons. The van der Waals surface area contributed by atoms with Crippen molar-refractivity contribution in [2.45, 2.75) is 51.2 Å². The number of amides is 1. The van der Waals surface area contributed by atoms with E-state index in [1.807, 2.05) is 17.5 Å². The Morgan fingerprint density at radius 3 is 2.96 bits per heavy atom. The molecule has 0 saturated carbocycles. The predicted molar refractivity (Wildman–Crippen MR) is 93.7 cm³/mol. The molecule has 0 aromatic carbocycles. The van der Waals surface area contributed by atoms with Gasteiger partial charge in [-0.25, -0.2) is 4.98 Å². The molecule has 6 heteroatoms. The lowest BCUT2D eigenvalue weighted by atomic mass is 10.0. The summed E-state index contributed by atoms with van der Waals surface area (Å²) >= 11 is 1.64. The number of nitrogens with zero attached hydrogens (tertiary/aromatic N) is 3. The van der Waals surface area contributed by atoms with Gasteiger partial charge < -0.3 is 9.32 Å². The number of hydrogen-bond donors (Lipinski definition) is 0. The summed E-state index contributed by atoms with van der Waals surface area (Å²) in [5, 5.41) is 2.03. The maximum atomic E-state index is 11.9. The Hall–Kier alpha value is -1.66. The molecule has 2 aromatic heterocycles. The first-order valence-electron chi connectivity index (χ1n) is 8.72. The van der Waals surface area contributed by atoms with Crippen molar-refractivity contribution in [1.29, 1.82) is 0 Å². The summed E-state index contributed by atoms with van der Waals surface area (Å²) in [4.78, 5) is 22.2. The minimum atomic E-state index is 0.214. The molecular weight excluding hydrogens is 322 g/mol. The van der Waals surface area contributed by atoms with Gasteiger partial charge in [0.15, 0.2) is 0 Å². The molecule has 4 heterocycles. The minimum absolute atomic E-state index is 0.214. The highest BCUT2D eigenvalue weighted by Crippen LogP contribution is 2.31. The standard InChI is InChI=1S/C18H23N3O2S/c1-13(22)21-9-3-6-16(21)15-5-2-8-20(15)11-14-12-23-18(19-14)17-7-4-10-24-17/h4,7,10,12,15-16H,2-3,5-6,8-9,11H2,1H3/t15-,16+/m1/s1. The van der Waals surface area contributed by atoms with E-state index in [9.17, 15) is 4.79 Å². The van der Waals surface area contributed by atoms with Gasteiger partial charge in [0.05, 0.1) is 10.6 Å². The Bertz CT molecular complexity index is 697. The average Bonchev–Trinajstić information content (AvgIpc) is 3.35. The van der Waals surface area contributed by atoms with E-state index < -0.39 is 0 Å². The zero-order chi connectivity index (χ0) is 16.5. The number of likely N-dealkylation sites (tertiary alicyclic amines) is 2. The van der Waals surface area contributed by atoms with E-state index in [2.05, 4.69) is 14.8 Å². The highest BCUT2D eigenvalue weighted by Gasteiger charge is 2.38. The summed E-state index contributed by atoms with van der Waals surface area (Å²) < 4.78 is 5.65. The van der Waals surface area contributed by atoms with Gasteiger partial charge in [-0.15, -0.1) is 11.3 Å². The molecular formula is C18H23N3O2S. The Balaban J connectivity index is 1.47. The number of thiophene rings is 1. The van der Waals surface area contributed by atoms with Crippen LogP contribution in [0.3, 0.4) is 0 Å². The van der Waals surface area contributed by atoms with Crippen molar-refractivity contribution >= 4 is 17.2 Å². The molecule has 0 bridgehead atoms. The molecule has 24 heavy (non-hydrogen) atoms. The van der Waals surface area contributed by atoms with E-state index in [0.717, 1.165) is 43.0 Å². The SMILES string of the molecule is CC(=O)N1CCC[C@H]1[C@H]1CCCN1Cc1coc(-c2cccs2)n1.